The number of aliphatic hydroxyl groups is 1. The first kappa shape index (κ1) is 21.9. The predicted molar refractivity (Wildman–Crippen MR) is 116 cm³/mol. The van der Waals surface area contributed by atoms with Gasteiger partial charge in [-0.1, -0.05) is 64.4 Å². The van der Waals surface area contributed by atoms with E-state index in [0.29, 0.717) is 8.58 Å². The molecule has 0 bridgehead atoms. The lowest BCUT2D eigenvalue weighted by atomic mass is 9.90. The fourth-order valence-electron chi connectivity index (χ4n) is 3.61. The molecule has 0 radical (unpaired) electrons. The van der Waals surface area contributed by atoms with Crippen LogP contribution in [-0.2, 0) is 9.89 Å². The highest BCUT2D eigenvalue weighted by Gasteiger charge is 2.33. The summed E-state index contributed by atoms with van der Waals surface area (Å²) in [6.07, 6.45) is 1.53. The number of rotatable bonds is 9. The summed E-state index contributed by atoms with van der Waals surface area (Å²) in [5.74, 6) is 0.932. The Labute approximate surface area is 165 Å². The fraction of sp³-hybridized carbons (Fsp3) is 0.478. The van der Waals surface area contributed by atoms with Crippen molar-refractivity contribution in [2.45, 2.75) is 58.7 Å². The lowest BCUT2D eigenvalue weighted by Crippen LogP contribution is -2.25. The molecule has 0 fully saturated rings. The molecule has 0 amide bonds. The maximum Gasteiger partial charge on any atom is 0.188 e. The van der Waals surface area contributed by atoms with Gasteiger partial charge in [0.15, 0.2) is 6.79 Å². The molecule has 0 aliphatic carbocycles. The van der Waals surface area contributed by atoms with Gasteiger partial charge < -0.3 is 14.6 Å². The number of aliphatic hydroxyl groups excluding tert-OH is 1. The van der Waals surface area contributed by atoms with E-state index in [1.807, 2.05) is 6.92 Å². The molecule has 27 heavy (non-hydrogen) atoms. The average Bonchev–Trinajstić information content (AvgIpc) is 2.66. The summed E-state index contributed by atoms with van der Waals surface area (Å²) >= 11 is 0. The standard InChI is InChI=1S/C23H33O3P/c1-7-23(8-2,20-11-9-10-17(4)22(20)26-15-25-6)27-21-13-12-16(3)14-19(21)18(5)24/h9-14,18,24,27H,7-8,15H2,1-6H3. The van der Waals surface area contributed by atoms with Crippen LogP contribution in [0.4, 0.5) is 0 Å². The third-order valence-electron chi connectivity index (χ3n) is 5.29. The van der Waals surface area contributed by atoms with Crippen LogP contribution in [0.2, 0.25) is 0 Å². The topological polar surface area (TPSA) is 38.7 Å². The molecule has 3 nitrogen and oxygen atoms in total. The second kappa shape index (κ2) is 9.68. The van der Waals surface area contributed by atoms with Gasteiger partial charge in [0.05, 0.1) is 6.10 Å². The normalized spacial score (nSPS) is 13.3. The third kappa shape index (κ3) is 4.90. The number of hydrogen-bond acceptors (Lipinski definition) is 3. The first-order valence-corrected chi connectivity index (χ1v) is 10.7. The molecule has 148 valence electrons. The zero-order chi connectivity index (χ0) is 20.0. The SMILES string of the molecule is CCC(CC)(Pc1ccc(C)cc1C(C)O)c1cccc(C)c1OCOC. The highest BCUT2D eigenvalue weighted by atomic mass is 31.1. The van der Waals surface area contributed by atoms with Gasteiger partial charge in [0.1, 0.15) is 5.75 Å². The van der Waals surface area contributed by atoms with E-state index >= 15 is 0 Å². The van der Waals surface area contributed by atoms with Crippen molar-refractivity contribution in [2.24, 2.45) is 0 Å². The molecule has 2 aromatic rings. The van der Waals surface area contributed by atoms with Gasteiger partial charge in [0, 0.05) is 17.8 Å². The van der Waals surface area contributed by atoms with Gasteiger partial charge in [-0.05, 0) is 50.0 Å². The summed E-state index contributed by atoms with van der Waals surface area (Å²) in [7, 11) is 2.19. The minimum atomic E-state index is -0.472. The number of para-hydroxylation sites is 1. The van der Waals surface area contributed by atoms with Crippen LogP contribution in [-0.4, -0.2) is 19.0 Å². The Kier molecular flexibility index (Phi) is 7.85. The van der Waals surface area contributed by atoms with Crippen LogP contribution in [0, 0.1) is 13.8 Å². The van der Waals surface area contributed by atoms with E-state index in [1.165, 1.54) is 16.4 Å². The Hall–Kier alpha value is -1.41. The van der Waals surface area contributed by atoms with Gasteiger partial charge in [0.25, 0.3) is 0 Å². The van der Waals surface area contributed by atoms with Crippen molar-refractivity contribution in [2.75, 3.05) is 13.9 Å². The Morgan fingerprint density at radius 3 is 2.41 bits per heavy atom. The highest BCUT2D eigenvalue weighted by molar-refractivity contribution is 7.48. The fourth-order valence-corrected chi connectivity index (χ4v) is 5.41. The van der Waals surface area contributed by atoms with Crippen LogP contribution >= 0.6 is 8.58 Å². The molecule has 4 heteroatoms. The van der Waals surface area contributed by atoms with Crippen molar-refractivity contribution in [3.8, 4) is 5.75 Å². The Bertz CT molecular complexity index is 751. The minimum absolute atomic E-state index is 0.0337. The monoisotopic (exact) mass is 388 g/mol. The van der Waals surface area contributed by atoms with E-state index in [0.717, 1.165) is 29.7 Å². The molecule has 0 aliphatic rings. The highest BCUT2D eigenvalue weighted by Crippen LogP contribution is 2.51. The first-order valence-electron chi connectivity index (χ1n) is 9.67. The number of methoxy groups -OCH3 is 1. The molecule has 0 heterocycles. The third-order valence-corrected chi connectivity index (χ3v) is 7.47. The largest absolute Gasteiger partial charge is 0.467 e. The van der Waals surface area contributed by atoms with E-state index in [-0.39, 0.29) is 11.9 Å². The zero-order valence-electron chi connectivity index (χ0n) is 17.4. The molecule has 0 spiro atoms. The van der Waals surface area contributed by atoms with Crippen LogP contribution in [0.15, 0.2) is 36.4 Å². The van der Waals surface area contributed by atoms with E-state index in [1.54, 1.807) is 7.11 Å². The van der Waals surface area contributed by atoms with Crippen LogP contribution in [0.25, 0.3) is 0 Å². The average molecular weight is 388 g/mol. The number of aryl methyl sites for hydroxylation is 2. The van der Waals surface area contributed by atoms with E-state index in [9.17, 15) is 5.11 Å². The molecule has 2 atom stereocenters. The molecule has 0 saturated carbocycles. The summed E-state index contributed by atoms with van der Waals surface area (Å²) < 4.78 is 11.2. The molecular formula is C23H33O3P. The smallest absolute Gasteiger partial charge is 0.188 e. The second-order valence-electron chi connectivity index (χ2n) is 7.18. The van der Waals surface area contributed by atoms with E-state index in [4.69, 9.17) is 9.47 Å². The van der Waals surface area contributed by atoms with Crippen molar-refractivity contribution in [3.05, 3.63) is 58.7 Å². The van der Waals surface area contributed by atoms with Crippen molar-refractivity contribution < 1.29 is 14.6 Å². The van der Waals surface area contributed by atoms with Gasteiger partial charge in [-0.3, -0.25) is 0 Å². The van der Waals surface area contributed by atoms with Gasteiger partial charge in [-0.2, -0.15) is 0 Å². The summed E-state index contributed by atoms with van der Waals surface area (Å²) in [5, 5.41) is 11.5. The van der Waals surface area contributed by atoms with Crippen molar-refractivity contribution in [3.63, 3.8) is 0 Å². The molecule has 2 rings (SSSR count). The quantitative estimate of drug-likeness (QED) is 0.464. The van der Waals surface area contributed by atoms with Crippen LogP contribution < -0.4 is 10.0 Å². The van der Waals surface area contributed by atoms with Gasteiger partial charge in [-0.25, -0.2) is 0 Å². The van der Waals surface area contributed by atoms with Gasteiger partial charge in [-0.15, -0.1) is 0 Å². The predicted octanol–water partition coefficient (Wildman–Crippen LogP) is 5.36. The Morgan fingerprint density at radius 1 is 1.11 bits per heavy atom. The van der Waals surface area contributed by atoms with Crippen LogP contribution in [0.3, 0.4) is 0 Å². The molecule has 2 aromatic carbocycles. The first-order chi connectivity index (χ1) is 12.9. The summed E-state index contributed by atoms with van der Waals surface area (Å²) in [6.45, 7) is 10.7. The molecule has 2 unspecified atom stereocenters. The molecule has 0 aliphatic heterocycles. The van der Waals surface area contributed by atoms with Gasteiger partial charge >= 0.3 is 0 Å². The summed E-state index contributed by atoms with van der Waals surface area (Å²) in [5.41, 5.74) is 4.57. The molecular weight excluding hydrogens is 355 g/mol. The number of benzene rings is 2. The van der Waals surface area contributed by atoms with Crippen molar-refractivity contribution in [1.29, 1.82) is 0 Å². The maximum atomic E-state index is 10.3. The van der Waals surface area contributed by atoms with Gasteiger partial charge in [0.2, 0.25) is 0 Å². The summed E-state index contributed by atoms with van der Waals surface area (Å²) in [6, 6.07) is 12.8. The molecule has 0 saturated heterocycles. The zero-order valence-corrected chi connectivity index (χ0v) is 18.4. The Morgan fingerprint density at radius 2 is 1.81 bits per heavy atom. The minimum Gasteiger partial charge on any atom is -0.467 e. The van der Waals surface area contributed by atoms with Crippen molar-refractivity contribution in [1.82, 2.24) is 0 Å². The van der Waals surface area contributed by atoms with Crippen molar-refractivity contribution >= 4 is 13.9 Å². The second-order valence-corrected chi connectivity index (χ2v) is 8.93. The van der Waals surface area contributed by atoms with Crippen LogP contribution in [0.5, 0.6) is 5.75 Å². The number of hydrogen-bond donors (Lipinski definition) is 1. The summed E-state index contributed by atoms with van der Waals surface area (Å²) in [4.78, 5) is 0. The Balaban J connectivity index is 2.56. The molecule has 1 N–H and O–H groups in total. The van der Waals surface area contributed by atoms with Crippen LogP contribution in [0.1, 0.15) is 62.0 Å². The lowest BCUT2D eigenvalue weighted by molar-refractivity contribution is 0.0494. The maximum absolute atomic E-state index is 10.3. The van der Waals surface area contributed by atoms with E-state index in [2.05, 4.69) is 64.1 Å². The number of ether oxygens (including phenoxy) is 2. The molecule has 0 aromatic heterocycles. The van der Waals surface area contributed by atoms with E-state index < -0.39 is 6.10 Å². The lowest BCUT2D eigenvalue weighted by Gasteiger charge is -2.35.